The van der Waals surface area contributed by atoms with Crippen LogP contribution < -0.4 is 0 Å². The van der Waals surface area contributed by atoms with E-state index in [9.17, 15) is 4.79 Å². The van der Waals surface area contributed by atoms with Crippen LogP contribution in [0.2, 0.25) is 0 Å². The van der Waals surface area contributed by atoms with Crippen molar-refractivity contribution in [1.82, 2.24) is 9.88 Å². The highest BCUT2D eigenvalue weighted by atomic mass is 16.1. The number of hydrogen-bond acceptors (Lipinski definition) is 3. The van der Waals surface area contributed by atoms with Gasteiger partial charge in [0, 0.05) is 24.4 Å². The van der Waals surface area contributed by atoms with E-state index in [1.165, 1.54) is 0 Å². The molecule has 1 aromatic heterocycles. The number of nitrogens with zero attached hydrogens (tertiary/aromatic N) is 2. The zero-order valence-corrected chi connectivity index (χ0v) is 8.73. The third-order valence-electron chi connectivity index (χ3n) is 1.99. The first kappa shape index (κ1) is 10.9. The smallest absolute Gasteiger partial charge is 0.164 e. The van der Waals surface area contributed by atoms with Crippen LogP contribution in [0.5, 0.6) is 0 Å². The van der Waals surface area contributed by atoms with Gasteiger partial charge in [0.1, 0.15) is 0 Å². The van der Waals surface area contributed by atoms with Crippen LogP contribution >= 0.6 is 0 Å². The number of carbonyl (C=O) groups is 1. The molecule has 14 heavy (non-hydrogen) atoms. The van der Waals surface area contributed by atoms with E-state index < -0.39 is 0 Å². The molecule has 0 aliphatic heterocycles. The average Bonchev–Trinajstić information content (AvgIpc) is 2.18. The highest BCUT2D eigenvalue weighted by molar-refractivity contribution is 5.95. The van der Waals surface area contributed by atoms with Crippen molar-refractivity contribution >= 4 is 5.78 Å². The first-order valence-corrected chi connectivity index (χ1v) is 4.78. The summed E-state index contributed by atoms with van der Waals surface area (Å²) in [5, 5.41) is 0. The summed E-state index contributed by atoms with van der Waals surface area (Å²) in [5.74, 6) is 0.181. The van der Waals surface area contributed by atoms with Gasteiger partial charge in [-0.2, -0.15) is 0 Å². The van der Waals surface area contributed by atoms with E-state index in [1.54, 1.807) is 18.5 Å². The third-order valence-corrected chi connectivity index (χ3v) is 1.99. The lowest BCUT2D eigenvalue weighted by Crippen LogP contribution is -2.14. The van der Waals surface area contributed by atoms with Crippen molar-refractivity contribution < 1.29 is 4.79 Å². The molecule has 0 aliphatic rings. The molecule has 0 fully saturated rings. The molecule has 3 heteroatoms. The fourth-order valence-electron chi connectivity index (χ4n) is 1.23. The van der Waals surface area contributed by atoms with E-state index >= 15 is 0 Å². The Kier molecular flexibility index (Phi) is 4.26. The highest BCUT2D eigenvalue weighted by Gasteiger charge is 2.04. The maximum Gasteiger partial charge on any atom is 0.164 e. The minimum atomic E-state index is 0.181. The Morgan fingerprint density at radius 2 is 2.29 bits per heavy atom. The summed E-state index contributed by atoms with van der Waals surface area (Å²) in [6, 6.07) is 3.60. The van der Waals surface area contributed by atoms with Crippen LogP contribution in [0, 0.1) is 0 Å². The molecule has 76 valence electrons. The van der Waals surface area contributed by atoms with Crippen LogP contribution in [0.1, 0.15) is 23.2 Å². The monoisotopic (exact) mass is 192 g/mol. The number of carbonyl (C=O) groups excluding carboxylic acids is 1. The summed E-state index contributed by atoms with van der Waals surface area (Å²) in [6.45, 7) is 0.950. The van der Waals surface area contributed by atoms with E-state index in [2.05, 4.69) is 9.88 Å². The van der Waals surface area contributed by atoms with E-state index in [0.717, 1.165) is 13.0 Å². The Labute approximate surface area is 84.8 Å². The van der Waals surface area contributed by atoms with Crippen molar-refractivity contribution in [3.8, 4) is 0 Å². The molecule has 1 rings (SSSR count). The quantitative estimate of drug-likeness (QED) is 0.664. The molecule has 1 heterocycles. The predicted molar refractivity (Wildman–Crippen MR) is 56.4 cm³/mol. The zero-order chi connectivity index (χ0) is 10.4. The second-order valence-corrected chi connectivity index (χ2v) is 3.57. The minimum absolute atomic E-state index is 0.181. The number of hydrogen-bond donors (Lipinski definition) is 0. The summed E-state index contributed by atoms with van der Waals surface area (Å²) in [4.78, 5) is 17.6. The van der Waals surface area contributed by atoms with Gasteiger partial charge in [0.15, 0.2) is 5.78 Å². The van der Waals surface area contributed by atoms with Gasteiger partial charge in [-0.25, -0.2) is 0 Å². The lowest BCUT2D eigenvalue weighted by atomic mass is 10.1. The van der Waals surface area contributed by atoms with E-state index in [4.69, 9.17) is 0 Å². The average molecular weight is 192 g/mol. The van der Waals surface area contributed by atoms with Crippen molar-refractivity contribution in [3.63, 3.8) is 0 Å². The van der Waals surface area contributed by atoms with Crippen LogP contribution in [-0.2, 0) is 0 Å². The number of ketones is 1. The molecule has 0 amide bonds. The van der Waals surface area contributed by atoms with Gasteiger partial charge in [-0.05, 0) is 39.2 Å². The maximum atomic E-state index is 11.6. The lowest BCUT2D eigenvalue weighted by Gasteiger charge is -2.07. The van der Waals surface area contributed by atoms with Gasteiger partial charge < -0.3 is 4.90 Å². The highest BCUT2D eigenvalue weighted by Crippen LogP contribution is 2.03. The molecule has 0 unspecified atom stereocenters. The van der Waals surface area contributed by atoms with Crippen LogP contribution in [0.25, 0.3) is 0 Å². The Balaban J connectivity index is 2.36. The van der Waals surface area contributed by atoms with Crippen molar-refractivity contribution in [2.24, 2.45) is 0 Å². The van der Waals surface area contributed by atoms with Gasteiger partial charge in [-0.3, -0.25) is 9.78 Å². The number of pyridine rings is 1. The molecule has 3 nitrogen and oxygen atoms in total. The number of aromatic nitrogens is 1. The molecule has 0 radical (unpaired) electrons. The molecule has 1 aromatic rings. The Morgan fingerprint density at radius 3 is 2.86 bits per heavy atom. The van der Waals surface area contributed by atoms with Gasteiger partial charge in [0.25, 0.3) is 0 Å². The molecule has 0 bridgehead atoms. The Hall–Kier alpha value is -1.22. The van der Waals surface area contributed by atoms with E-state index in [-0.39, 0.29) is 5.78 Å². The molecular formula is C11H16N2O. The molecule has 0 N–H and O–H groups in total. The molecule has 0 aliphatic carbocycles. The number of rotatable bonds is 5. The Morgan fingerprint density at radius 1 is 1.50 bits per heavy atom. The largest absolute Gasteiger partial charge is 0.309 e. The SMILES string of the molecule is CN(C)CCCC(=O)c1cccnc1. The number of Topliss-reactive ketones (excluding diaryl/α,β-unsaturated/α-hetero) is 1. The van der Waals surface area contributed by atoms with E-state index in [0.29, 0.717) is 12.0 Å². The fraction of sp³-hybridized carbons (Fsp3) is 0.455. The molecular weight excluding hydrogens is 176 g/mol. The van der Waals surface area contributed by atoms with Gasteiger partial charge in [0.05, 0.1) is 0 Å². The van der Waals surface area contributed by atoms with Gasteiger partial charge in [-0.1, -0.05) is 0 Å². The van der Waals surface area contributed by atoms with Crippen LogP contribution in [0.3, 0.4) is 0 Å². The molecule has 0 saturated carbocycles. The van der Waals surface area contributed by atoms with Crippen molar-refractivity contribution in [2.45, 2.75) is 12.8 Å². The predicted octanol–water partition coefficient (Wildman–Crippen LogP) is 1.61. The summed E-state index contributed by atoms with van der Waals surface area (Å²) in [5.41, 5.74) is 0.714. The summed E-state index contributed by atoms with van der Waals surface area (Å²) >= 11 is 0. The third kappa shape index (κ3) is 3.66. The van der Waals surface area contributed by atoms with Gasteiger partial charge in [-0.15, -0.1) is 0 Å². The molecule has 0 spiro atoms. The molecule has 0 atom stereocenters. The second kappa shape index (κ2) is 5.50. The minimum Gasteiger partial charge on any atom is -0.309 e. The molecule has 0 saturated heterocycles. The summed E-state index contributed by atoms with van der Waals surface area (Å²) in [7, 11) is 4.02. The maximum absolute atomic E-state index is 11.6. The van der Waals surface area contributed by atoms with Crippen LogP contribution in [0.4, 0.5) is 0 Å². The standard InChI is InChI=1S/C11H16N2O/c1-13(2)8-4-6-11(14)10-5-3-7-12-9-10/h3,5,7,9H,4,6,8H2,1-2H3. The fourth-order valence-corrected chi connectivity index (χ4v) is 1.23. The van der Waals surface area contributed by atoms with Crippen molar-refractivity contribution in [3.05, 3.63) is 30.1 Å². The Bertz CT molecular complexity index is 283. The lowest BCUT2D eigenvalue weighted by molar-refractivity contribution is 0.0977. The summed E-state index contributed by atoms with van der Waals surface area (Å²) in [6.07, 6.45) is 4.80. The topological polar surface area (TPSA) is 33.2 Å². The molecule has 0 aromatic carbocycles. The second-order valence-electron chi connectivity index (χ2n) is 3.57. The summed E-state index contributed by atoms with van der Waals surface area (Å²) < 4.78 is 0. The van der Waals surface area contributed by atoms with Crippen LogP contribution in [-0.4, -0.2) is 36.3 Å². The van der Waals surface area contributed by atoms with Gasteiger partial charge in [0.2, 0.25) is 0 Å². The normalized spacial score (nSPS) is 10.5. The van der Waals surface area contributed by atoms with Crippen LogP contribution in [0.15, 0.2) is 24.5 Å². The first-order chi connectivity index (χ1) is 6.70. The van der Waals surface area contributed by atoms with E-state index in [1.807, 2.05) is 20.2 Å². The van der Waals surface area contributed by atoms with Crippen molar-refractivity contribution in [1.29, 1.82) is 0 Å². The van der Waals surface area contributed by atoms with Crippen molar-refractivity contribution in [2.75, 3.05) is 20.6 Å². The zero-order valence-electron chi connectivity index (χ0n) is 8.73. The van der Waals surface area contributed by atoms with Gasteiger partial charge >= 0.3 is 0 Å². The first-order valence-electron chi connectivity index (χ1n) is 4.78.